The molecule has 4 N–H and O–H groups in total. The van der Waals surface area contributed by atoms with Crippen molar-refractivity contribution in [1.82, 2.24) is 6.15 Å². The topological polar surface area (TPSA) is 89.4 Å². The molecule has 0 radical (unpaired) electrons. The first-order chi connectivity index (χ1) is 4.56. The summed E-state index contributed by atoms with van der Waals surface area (Å²) >= 11 is 0. The average Bonchev–Trinajstić information content (AvgIpc) is 1.78. The van der Waals surface area contributed by atoms with Gasteiger partial charge in [0.05, 0.1) is 5.75 Å². The van der Waals surface area contributed by atoms with Crippen molar-refractivity contribution < 1.29 is 13.0 Å². The third-order valence-electron chi connectivity index (χ3n) is 1.26. The van der Waals surface area contributed by atoms with Gasteiger partial charge in [-0.1, -0.05) is 26.2 Å². The molecule has 0 aliphatic heterocycles. The number of hydrogen-bond donors (Lipinski definition) is 2. The fourth-order valence-electron chi connectivity index (χ4n) is 0.711. The Morgan fingerprint density at radius 2 is 1.73 bits per heavy atom. The molecule has 4 nitrogen and oxygen atoms in total. The molecule has 0 aromatic rings. The van der Waals surface area contributed by atoms with E-state index in [1.165, 1.54) is 0 Å². The van der Waals surface area contributed by atoms with Crippen LogP contribution >= 0.6 is 0 Å². The fourth-order valence-corrected chi connectivity index (χ4v) is 1.28. The molecule has 0 atom stereocenters. The first kappa shape index (κ1) is 13.5. The first-order valence-electron chi connectivity index (χ1n) is 3.51. The van der Waals surface area contributed by atoms with E-state index < -0.39 is 10.1 Å². The largest absolute Gasteiger partial charge is 0.344 e. The quantitative estimate of drug-likeness (QED) is 0.500. The first-order valence-corrected chi connectivity index (χ1v) is 5.12. The van der Waals surface area contributed by atoms with Gasteiger partial charge in [-0.3, -0.25) is 4.55 Å². The van der Waals surface area contributed by atoms with Crippen LogP contribution in [0.3, 0.4) is 0 Å². The highest BCUT2D eigenvalue weighted by Gasteiger charge is 2.01. The van der Waals surface area contributed by atoms with Gasteiger partial charge in [0.25, 0.3) is 10.1 Å². The van der Waals surface area contributed by atoms with Crippen molar-refractivity contribution in [3.8, 4) is 0 Å². The van der Waals surface area contributed by atoms with Crippen molar-refractivity contribution in [3.63, 3.8) is 0 Å². The summed E-state index contributed by atoms with van der Waals surface area (Å²) < 4.78 is 28.6. The van der Waals surface area contributed by atoms with Crippen LogP contribution in [-0.2, 0) is 10.1 Å². The Morgan fingerprint density at radius 1 is 1.18 bits per heavy atom. The smallest absolute Gasteiger partial charge is 0.264 e. The zero-order valence-electron chi connectivity index (χ0n) is 6.91. The number of rotatable bonds is 5. The zero-order chi connectivity index (χ0) is 8.04. The SMILES string of the molecule is CCCCCCS(=O)(=O)O.N. The van der Waals surface area contributed by atoms with Crippen LogP contribution in [0.25, 0.3) is 0 Å². The highest BCUT2D eigenvalue weighted by atomic mass is 32.2. The molecular formula is C6H17NO3S. The zero-order valence-corrected chi connectivity index (χ0v) is 7.73. The normalized spacial score (nSPS) is 10.7. The molecule has 0 saturated heterocycles. The maximum Gasteiger partial charge on any atom is 0.264 e. The minimum atomic E-state index is -3.70. The van der Waals surface area contributed by atoms with Crippen LogP contribution in [0.5, 0.6) is 0 Å². The Balaban J connectivity index is 0. The van der Waals surface area contributed by atoms with Gasteiger partial charge < -0.3 is 6.15 Å². The number of unbranched alkanes of at least 4 members (excludes halogenated alkanes) is 3. The van der Waals surface area contributed by atoms with Gasteiger partial charge in [0.2, 0.25) is 0 Å². The van der Waals surface area contributed by atoms with Gasteiger partial charge >= 0.3 is 0 Å². The van der Waals surface area contributed by atoms with Crippen LogP contribution < -0.4 is 6.15 Å². The van der Waals surface area contributed by atoms with Gasteiger partial charge in [0, 0.05) is 0 Å². The van der Waals surface area contributed by atoms with E-state index in [9.17, 15) is 8.42 Å². The second kappa shape index (κ2) is 6.57. The molecule has 0 rings (SSSR count). The van der Waals surface area contributed by atoms with Gasteiger partial charge in [-0.25, -0.2) is 0 Å². The van der Waals surface area contributed by atoms with E-state index >= 15 is 0 Å². The highest BCUT2D eigenvalue weighted by molar-refractivity contribution is 7.85. The van der Waals surface area contributed by atoms with Crippen molar-refractivity contribution in [1.29, 1.82) is 0 Å². The predicted molar refractivity (Wildman–Crippen MR) is 45.6 cm³/mol. The van der Waals surface area contributed by atoms with Crippen LogP contribution in [0, 0.1) is 0 Å². The molecule has 0 aliphatic rings. The molecule has 0 spiro atoms. The summed E-state index contributed by atoms with van der Waals surface area (Å²) in [6.07, 6.45) is 3.57. The molecule has 0 amide bonds. The molecule has 0 unspecified atom stereocenters. The van der Waals surface area contributed by atoms with Gasteiger partial charge in [0.15, 0.2) is 0 Å². The van der Waals surface area contributed by atoms with Crippen molar-refractivity contribution in [2.24, 2.45) is 0 Å². The molecule has 0 aromatic heterocycles. The summed E-state index contributed by atoms with van der Waals surface area (Å²) in [4.78, 5) is 0. The lowest BCUT2D eigenvalue weighted by Crippen LogP contribution is -2.03. The van der Waals surface area contributed by atoms with Crippen molar-refractivity contribution in [2.45, 2.75) is 32.6 Å². The van der Waals surface area contributed by atoms with E-state index in [1.807, 2.05) is 6.92 Å². The predicted octanol–water partition coefficient (Wildman–Crippen LogP) is 1.62. The number of hydrogen-bond acceptors (Lipinski definition) is 3. The molecule has 0 fully saturated rings. The molecular weight excluding hydrogens is 166 g/mol. The summed E-state index contributed by atoms with van der Waals surface area (Å²) in [5.41, 5.74) is 0. The van der Waals surface area contributed by atoms with E-state index in [0.717, 1.165) is 19.3 Å². The summed E-state index contributed by atoms with van der Waals surface area (Å²) in [5, 5.41) is 0. The standard InChI is InChI=1S/C6H14O3S.H3N/c1-2-3-4-5-6-10(7,8)9;/h2-6H2,1H3,(H,7,8,9);1H3. The summed E-state index contributed by atoms with van der Waals surface area (Å²) in [7, 11) is -3.70. The second-order valence-corrected chi connectivity index (χ2v) is 3.92. The van der Waals surface area contributed by atoms with Gasteiger partial charge in [-0.05, 0) is 6.42 Å². The second-order valence-electron chi connectivity index (χ2n) is 2.35. The van der Waals surface area contributed by atoms with Crippen molar-refractivity contribution in [3.05, 3.63) is 0 Å². The van der Waals surface area contributed by atoms with Gasteiger partial charge in [-0.2, -0.15) is 8.42 Å². The summed E-state index contributed by atoms with van der Waals surface area (Å²) in [6.45, 7) is 2.05. The molecule has 0 bridgehead atoms. The fraction of sp³-hybridized carbons (Fsp3) is 1.00. The molecule has 70 valence electrons. The maximum absolute atomic E-state index is 10.1. The lowest BCUT2D eigenvalue weighted by molar-refractivity contribution is 0.479. The lowest BCUT2D eigenvalue weighted by Gasteiger charge is -1.95. The Labute approximate surface area is 68.3 Å². The molecule has 11 heavy (non-hydrogen) atoms. The van der Waals surface area contributed by atoms with E-state index in [2.05, 4.69) is 0 Å². The third kappa shape index (κ3) is 13.0. The molecule has 0 heterocycles. The Hall–Kier alpha value is -0.130. The van der Waals surface area contributed by atoms with Crippen LogP contribution in [0.15, 0.2) is 0 Å². The maximum atomic E-state index is 10.1. The van der Waals surface area contributed by atoms with Gasteiger partial charge in [-0.15, -0.1) is 0 Å². The minimum Gasteiger partial charge on any atom is -0.344 e. The van der Waals surface area contributed by atoms with Gasteiger partial charge in [0.1, 0.15) is 0 Å². The molecule has 0 aromatic carbocycles. The highest BCUT2D eigenvalue weighted by Crippen LogP contribution is 2.00. The summed E-state index contributed by atoms with van der Waals surface area (Å²) in [6, 6.07) is 0. The van der Waals surface area contributed by atoms with E-state index in [1.54, 1.807) is 0 Å². The molecule has 5 heteroatoms. The molecule has 0 saturated carbocycles. The molecule has 0 aliphatic carbocycles. The minimum absolute atomic E-state index is 0. The average molecular weight is 183 g/mol. The Bertz CT molecular complexity index is 165. The van der Waals surface area contributed by atoms with E-state index in [4.69, 9.17) is 4.55 Å². The van der Waals surface area contributed by atoms with Crippen LogP contribution in [0.4, 0.5) is 0 Å². The van der Waals surface area contributed by atoms with E-state index in [-0.39, 0.29) is 11.9 Å². The van der Waals surface area contributed by atoms with Crippen LogP contribution in [0.2, 0.25) is 0 Å². The van der Waals surface area contributed by atoms with E-state index in [0.29, 0.717) is 6.42 Å². The van der Waals surface area contributed by atoms with Crippen molar-refractivity contribution >= 4 is 10.1 Å². The monoisotopic (exact) mass is 183 g/mol. The Kier molecular flexibility index (Phi) is 8.04. The van der Waals surface area contributed by atoms with Crippen molar-refractivity contribution in [2.75, 3.05) is 5.75 Å². The van der Waals surface area contributed by atoms with Crippen LogP contribution in [-0.4, -0.2) is 18.7 Å². The Morgan fingerprint density at radius 3 is 2.09 bits per heavy atom. The summed E-state index contributed by atoms with van der Waals surface area (Å²) in [5.74, 6) is -0.0903. The van der Waals surface area contributed by atoms with Crippen LogP contribution in [0.1, 0.15) is 32.6 Å². The third-order valence-corrected chi connectivity index (χ3v) is 2.06. The lowest BCUT2D eigenvalue weighted by atomic mass is 10.2.